The Balaban J connectivity index is 1.21. The van der Waals surface area contributed by atoms with Crippen molar-refractivity contribution in [3.05, 3.63) is 54.1 Å². The molecule has 31 heavy (non-hydrogen) atoms. The van der Waals surface area contributed by atoms with Crippen molar-refractivity contribution in [2.24, 2.45) is 0 Å². The quantitative estimate of drug-likeness (QED) is 0.513. The van der Waals surface area contributed by atoms with Gasteiger partial charge < -0.3 is 20.1 Å². The lowest BCUT2D eigenvalue weighted by molar-refractivity contribution is -0.137. The molecule has 3 rings (SSSR count). The van der Waals surface area contributed by atoms with Crippen molar-refractivity contribution < 1.29 is 27.4 Å². The van der Waals surface area contributed by atoms with Gasteiger partial charge in [-0.05, 0) is 55.8 Å². The molecule has 1 aliphatic heterocycles. The molecule has 1 amide bonds. The number of ether oxygens (including phenoxy) is 2. The van der Waals surface area contributed by atoms with Crippen LogP contribution in [0.1, 0.15) is 37.7 Å². The topological polar surface area (TPSA) is 59.6 Å². The molecule has 8 heteroatoms. The number of rotatable bonds is 10. The first kappa shape index (κ1) is 22.9. The molecule has 0 bridgehead atoms. The number of carbonyl (C=O) groups excluding carboxylic acids is 1. The molecule has 0 saturated carbocycles. The number of anilines is 1. The van der Waals surface area contributed by atoms with E-state index in [1.165, 1.54) is 12.1 Å². The maximum atomic E-state index is 12.5. The average Bonchev–Trinajstić information content (AvgIpc) is 2.75. The zero-order valence-corrected chi connectivity index (χ0v) is 17.2. The van der Waals surface area contributed by atoms with Crippen LogP contribution in [0.25, 0.3) is 0 Å². The monoisotopic (exact) mass is 436 g/mol. The Kier molecular flexibility index (Phi) is 8.17. The van der Waals surface area contributed by atoms with Crippen LogP contribution in [0.5, 0.6) is 11.5 Å². The third-order valence-corrected chi connectivity index (χ3v) is 4.94. The minimum Gasteiger partial charge on any atom is -0.486 e. The van der Waals surface area contributed by atoms with Gasteiger partial charge in [-0.2, -0.15) is 13.2 Å². The van der Waals surface area contributed by atoms with Crippen LogP contribution in [-0.2, 0) is 11.0 Å². The predicted octanol–water partition coefficient (Wildman–Crippen LogP) is 5.02. The highest BCUT2D eigenvalue weighted by Gasteiger charge is 2.30. The van der Waals surface area contributed by atoms with Crippen molar-refractivity contribution in [2.45, 2.75) is 44.4 Å². The SMILES string of the molecule is O=C(CCCCCCNCC1COc2ccccc2O1)Nc1ccc(C(F)(F)F)cc1. The zero-order chi connectivity index (χ0) is 22.1. The number of alkyl halides is 3. The molecule has 0 radical (unpaired) electrons. The summed E-state index contributed by atoms with van der Waals surface area (Å²) >= 11 is 0. The Bertz CT molecular complexity index is 841. The Morgan fingerprint density at radius 1 is 0.968 bits per heavy atom. The van der Waals surface area contributed by atoms with E-state index >= 15 is 0 Å². The van der Waals surface area contributed by atoms with E-state index in [0.717, 1.165) is 55.9 Å². The molecular formula is C23H27F3N2O3. The normalized spacial score (nSPS) is 15.5. The Morgan fingerprint density at radius 3 is 2.42 bits per heavy atom. The molecular weight excluding hydrogens is 409 g/mol. The van der Waals surface area contributed by atoms with Gasteiger partial charge in [0.15, 0.2) is 11.5 Å². The molecule has 0 spiro atoms. The van der Waals surface area contributed by atoms with E-state index in [1.54, 1.807) is 0 Å². The second kappa shape index (κ2) is 11.0. The van der Waals surface area contributed by atoms with Gasteiger partial charge in [0.1, 0.15) is 12.7 Å². The second-order valence-corrected chi connectivity index (χ2v) is 7.49. The minimum atomic E-state index is -4.37. The van der Waals surface area contributed by atoms with Crippen LogP contribution in [0.15, 0.2) is 48.5 Å². The third kappa shape index (κ3) is 7.47. The van der Waals surface area contributed by atoms with E-state index in [1.807, 2.05) is 24.3 Å². The maximum absolute atomic E-state index is 12.5. The van der Waals surface area contributed by atoms with Gasteiger partial charge in [-0.15, -0.1) is 0 Å². The molecule has 0 aromatic heterocycles. The lowest BCUT2D eigenvalue weighted by atomic mass is 10.1. The van der Waals surface area contributed by atoms with E-state index < -0.39 is 11.7 Å². The summed E-state index contributed by atoms with van der Waals surface area (Å²) in [5.41, 5.74) is -0.356. The zero-order valence-electron chi connectivity index (χ0n) is 17.2. The van der Waals surface area contributed by atoms with Gasteiger partial charge in [0, 0.05) is 18.7 Å². The summed E-state index contributed by atoms with van der Waals surface area (Å²) in [7, 11) is 0. The first-order valence-corrected chi connectivity index (χ1v) is 10.5. The van der Waals surface area contributed by atoms with Gasteiger partial charge >= 0.3 is 6.18 Å². The number of amides is 1. The van der Waals surface area contributed by atoms with Gasteiger partial charge in [0.2, 0.25) is 5.91 Å². The highest BCUT2D eigenvalue weighted by atomic mass is 19.4. The fraction of sp³-hybridized carbons (Fsp3) is 0.435. The van der Waals surface area contributed by atoms with Crippen LogP contribution in [0.2, 0.25) is 0 Å². The smallest absolute Gasteiger partial charge is 0.416 e. The van der Waals surface area contributed by atoms with Crippen LogP contribution in [0.4, 0.5) is 18.9 Å². The number of hydrogen-bond donors (Lipinski definition) is 2. The number of benzene rings is 2. The van der Waals surface area contributed by atoms with Crippen molar-refractivity contribution in [3.63, 3.8) is 0 Å². The summed E-state index contributed by atoms with van der Waals surface area (Å²) in [5, 5.41) is 6.00. The first-order valence-electron chi connectivity index (χ1n) is 10.5. The van der Waals surface area contributed by atoms with E-state index in [-0.39, 0.29) is 12.0 Å². The third-order valence-electron chi connectivity index (χ3n) is 4.94. The summed E-state index contributed by atoms with van der Waals surface area (Å²) in [6, 6.07) is 12.1. The molecule has 0 saturated heterocycles. The Labute approximate surface area is 179 Å². The molecule has 0 aliphatic carbocycles. The van der Waals surface area contributed by atoms with Crippen LogP contribution >= 0.6 is 0 Å². The van der Waals surface area contributed by atoms with Crippen molar-refractivity contribution >= 4 is 11.6 Å². The molecule has 2 N–H and O–H groups in total. The summed E-state index contributed by atoms with van der Waals surface area (Å²) in [6.45, 7) is 2.10. The molecule has 0 fully saturated rings. The fourth-order valence-corrected chi connectivity index (χ4v) is 3.28. The summed E-state index contributed by atoms with van der Waals surface area (Å²) in [4.78, 5) is 11.9. The van der Waals surface area contributed by atoms with E-state index in [0.29, 0.717) is 25.3 Å². The maximum Gasteiger partial charge on any atom is 0.416 e. The Morgan fingerprint density at radius 2 is 1.68 bits per heavy atom. The van der Waals surface area contributed by atoms with Crippen LogP contribution < -0.4 is 20.1 Å². The number of nitrogens with one attached hydrogen (secondary N) is 2. The minimum absolute atomic E-state index is 0.0104. The standard InChI is InChI=1S/C23H27F3N2O3/c24-23(25,26)17-10-12-18(13-11-17)28-22(29)9-3-1-2-6-14-27-15-19-16-30-20-7-4-5-8-21(20)31-19/h4-5,7-8,10-13,19,27H,1-3,6,9,14-16H2,(H,28,29). The fourth-order valence-electron chi connectivity index (χ4n) is 3.28. The highest BCUT2D eigenvalue weighted by molar-refractivity contribution is 5.90. The van der Waals surface area contributed by atoms with Crippen molar-refractivity contribution in [1.82, 2.24) is 5.32 Å². The van der Waals surface area contributed by atoms with Gasteiger partial charge in [0.25, 0.3) is 0 Å². The molecule has 5 nitrogen and oxygen atoms in total. The molecule has 1 unspecified atom stereocenters. The number of fused-ring (bicyclic) bond motifs is 1. The van der Waals surface area contributed by atoms with Gasteiger partial charge in [-0.1, -0.05) is 25.0 Å². The van der Waals surface area contributed by atoms with Crippen molar-refractivity contribution in [1.29, 1.82) is 0 Å². The van der Waals surface area contributed by atoms with Crippen molar-refractivity contribution in [3.8, 4) is 11.5 Å². The van der Waals surface area contributed by atoms with E-state index in [2.05, 4.69) is 10.6 Å². The molecule has 1 aliphatic rings. The molecule has 2 aromatic carbocycles. The van der Waals surface area contributed by atoms with E-state index in [9.17, 15) is 18.0 Å². The number of hydrogen-bond acceptors (Lipinski definition) is 4. The number of unbranched alkanes of at least 4 members (excludes halogenated alkanes) is 3. The van der Waals surface area contributed by atoms with Crippen LogP contribution in [-0.4, -0.2) is 31.7 Å². The number of para-hydroxylation sites is 2. The molecule has 1 atom stereocenters. The number of carbonyl (C=O) groups is 1. The predicted molar refractivity (Wildman–Crippen MR) is 112 cm³/mol. The van der Waals surface area contributed by atoms with E-state index in [4.69, 9.17) is 9.47 Å². The Hall–Kier alpha value is -2.74. The van der Waals surface area contributed by atoms with Crippen LogP contribution in [0, 0.1) is 0 Å². The first-order chi connectivity index (χ1) is 14.9. The average molecular weight is 436 g/mol. The van der Waals surface area contributed by atoms with Gasteiger partial charge in [-0.3, -0.25) is 4.79 Å². The highest BCUT2D eigenvalue weighted by Crippen LogP contribution is 2.31. The summed E-state index contributed by atoms with van der Waals surface area (Å²) < 4.78 is 49.2. The molecule has 2 aromatic rings. The molecule has 1 heterocycles. The summed E-state index contributed by atoms with van der Waals surface area (Å²) in [5.74, 6) is 1.36. The van der Waals surface area contributed by atoms with Crippen molar-refractivity contribution in [2.75, 3.05) is 25.0 Å². The van der Waals surface area contributed by atoms with Crippen LogP contribution in [0.3, 0.4) is 0 Å². The number of halogens is 3. The molecule has 168 valence electrons. The lowest BCUT2D eigenvalue weighted by Gasteiger charge is -2.26. The largest absolute Gasteiger partial charge is 0.486 e. The van der Waals surface area contributed by atoms with Gasteiger partial charge in [-0.25, -0.2) is 0 Å². The van der Waals surface area contributed by atoms with Gasteiger partial charge in [0.05, 0.1) is 5.56 Å². The second-order valence-electron chi connectivity index (χ2n) is 7.49. The summed E-state index contributed by atoms with van der Waals surface area (Å²) in [6.07, 6.45) is -0.401. The lowest BCUT2D eigenvalue weighted by Crippen LogP contribution is -2.38.